The number of carbonyl (C=O) groups excluding carboxylic acids is 4. The molecule has 0 spiro atoms. The van der Waals surface area contributed by atoms with Gasteiger partial charge in [0.1, 0.15) is 11.7 Å². The summed E-state index contributed by atoms with van der Waals surface area (Å²) in [7, 11) is 0. The van der Waals surface area contributed by atoms with Crippen LogP contribution in [0.25, 0.3) is 0 Å². The summed E-state index contributed by atoms with van der Waals surface area (Å²) in [6.07, 6.45) is 1.65. The molecule has 1 aromatic heterocycles. The molecule has 0 unspecified atom stereocenters. The van der Waals surface area contributed by atoms with Crippen LogP contribution in [0.1, 0.15) is 87.0 Å². The molecule has 1 aliphatic heterocycles. The number of alkyl halides is 2. The third-order valence-electron chi connectivity index (χ3n) is 10.1. The summed E-state index contributed by atoms with van der Waals surface area (Å²) in [5.74, 6) is -4.90. The van der Waals surface area contributed by atoms with Gasteiger partial charge in [-0.15, -0.1) is 0 Å². The highest BCUT2D eigenvalue weighted by atomic mass is 19.3. The molecule has 274 valence electrons. The summed E-state index contributed by atoms with van der Waals surface area (Å²) in [6, 6.07) is 18.1. The quantitative estimate of drug-likeness (QED) is 0.202. The van der Waals surface area contributed by atoms with Crippen molar-refractivity contribution in [2.45, 2.75) is 90.3 Å². The lowest BCUT2D eigenvalue weighted by Gasteiger charge is -2.36. The van der Waals surface area contributed by atoms with Crippen molar-refractivity contribution in [2.24, 2.45) is 11.8 Å². The third kappa shape index (κ3) is 10.3. The summed E-state index contributed by atoms with van der Waals surface area (Å²) >= 11 is 0. The lowest BCUT2D eigenvalue weighted by atomic mass is 9.76. The number of Topliss-reactive ketones (excluding diaryl/α,β-unsaturated/α-hetero) is 1. The zero-order chi connectivity index (χ0) is 36.5. The number of benzene rings is 2. The van der Waals surface area contributed by atoms with E-state index in [1.807, 2.05) is 36.9 Å². The highest BCUT2D eigenvalue weighted by Gasteiger charge is 2.41. The number of anilines is 1. The van der Waals surface area contributed by atoms with E-state index in [0.717, 1.165) is 25.2 Å². The van der Waals surface area contributed by atoms with E-state index in [1.54, 1.807) is 48.1 Å². The van der Waals surface area contributed by atoms with Crippen LogP contribution in [0.5, 0.6) is 0 Å². The number of halogens is 2. The monoisotopic (exact) mass is 704 g/mol. The first-order valence-corrected chi connectivity index (χ1v) is 18.1. The van der Waals surface area contributed by atoms with Crippen LogP contribution in [0.2, 0.25) is 0 Å². The molecular formula is C39H50F2N6O4. The largest absolute Gasteiger partial charge is 0.344 e. The van der Waals surface area contributed by atoms with Crippen molar-refractivity contribution >= 4 is 29.2 Å². The van der Waals surface area contributed by atoms with Gasteiger partial charge in [-0.1, -0.05) is 49.4 Å². The first kappa shape index (κ1) is 37.8. The molecule has 1 saturated carbocycles. The van der Waals surface area contributed by atoms with Gasteiger partial charge in [-0.2, -0.15) is 5.10 Å². The zero-order valence-electron chi connectivity index (χ0n) is 29.8. The Morgan fingerprint density at radius 1 is 0.902 bits per heavy atom. The van der Waals surface area contributed by atoms with Crippen molar-refractivity contribution in [3.8, 4) is 0 Å². The van der Waals surface area contributed by atoms with Gasteiger partial charge in [-0.3, -0.25) is 28.8 Å². The fourth-order valence-corrected chi connectivity index (χ4v) is 7.07. The molecule has 2 aliphatic rings. The Bertz CT molecular complexity index is 1630. The van der Waals surface area contributed by atoms with Gasteiger partial charge in [0, 0.05) is 88.7 Å². The predicted molar refractivity (Wildman–Crippen MR) is 191 cm³/mol. The van der Waals surface area contributed by atoms with Crippen LogP contribution in [-0.4, -0.2) is 81.2 Å². The number of hydrogen-bond donors (Lipinski definition) is 2. The number of aromatic nitrogens is 2. The second-order valence-corrected chi connectivity index (χ2v) is 14.1. The number of hydrogen-bond acceptors (Lipinski definition) is 6. The molecule has 2 aromatic carbocycles. The fraction of sp³-hybridized carbons (Fsp3) is 0.513. The summed E-state index contributed by atoms with van der Waals surface area (Å²) in [4.78, 5) is 57.4. The normalized spacial score (nSPS) is 17.9. The third-order valence-corrected chi connectivity index (χ3v) is 10.1. The van der Waals surface area contributed by atoms with Gasteiger partial charge in [0.05, 0.1) is 0 Å². The molecule has 2 fully saturated rings. The number of amides is 3. The zero-order valence-corrected chi connectivity index (χ0v) is 29.8. The number of carbonyl (C=O) groups is 4. The van der Waals surface area contributed by atoms with Gasteiger partial charge in [-0.05, 0) is 61.9 Å². The Morgan fingerprint density at radius 2 is 1.57 bits per heavy atom. The lowest BCUT2D eigenvalue weighted by molar-refractivity contribution is -0.138. The van der Waals surface area contributed by atoms with Gasteiger partial charge < -0.3 is 15.5 Å². The highest BCUT2D eigenvalue weighted by molar-refractivity contribution is 6.00. The molecule has 2 atom stereocenters. The van der Waals surface area contributed by atoms with Crippen LogP contribution in [-0.2, 0) is 27.3 Å². The molecule has 1 aliphatic carbocycles. The Balaban J connectivity index is 1.23. The fourth-order valence-electron chi connectivity index (χ4n) is 7.07. The van der Waals surface area contributed by atoms with Crippen molar-refractivity contribution in [2.75, 3.05) is 31.5 Å². The SMILES string of the molecule is CCC(=O)N[C@H](Cc1ccc(NC(=O)[C@@H](CC(=O)c2ccnn2C(C)C)C2CCC(F)(F)CC2)cc1)C(=O)N1CCN(Cc2ccccc2)CC1. The van der Waals surface area contributed by atoms with Crippen LogP contribution in [0, 0.1) is 11.8 Å². The van der Waals surface area contributed by atoms with E-state index in [0.29, 0.717) is 24.5 Å². The number of ketones is 1. The van der Waals surface area contributed by atoms with Gasteiger partial charge in [0.15, 0.2) is 5.78 Å². The van der Waals surface area contributed by atoms with Crippen molar-refractivity contribution in [1.29, 1.82) is 0 Å². The van der Waals surface area contributed by atoms with Gasteiger partial charge in [-0.25, -0.2) is 8.78 Å². The number of rotatable bonds is 14. The first-order chi connectivity index (χ1) is 24.4. The summed E-state index contributed by atoms with van der Waals surface area (Å²) in [5.41, 5.74) is 2.90. The van der Waals surface area contributed by atoms with E-state index < -0.39 is 23.8 Å². The molecule has 1 saturated heterocycles. The van der Waals surface area contributed by atoms with E-state index in [2.05, 4.69) is 32.8 Å². The maximum absolute atomic E-state index is 14.1. The van der Waals surface area contributed by atoms with Crippen LogP contribution in [0.3, 0.4) is 0 Å². The average Bonchev–Trinajstić information content (AvgIpc) is 3.63. The van der Waals surface area contributed by atoms with Crippen molar-refractivity contribution < 1.29 is 28.0 Å². The van der Waals surface area contributed by atoms with Crippen LogP contribution >= 0.6 is 0 Å². The number of nitrogens with one attached hydrogen (secondary N) is 2. The van der Waals surface area contributed by atoms with Gasteiger partial charge >= 0.3 is 0 Å². The number of piperazine rings is 1. The molecule has 0 bridgehead atoms. The smallest absolute Gasteiger partial charge is 0.248 e. The maximum atomic E-state index is 14.1. The Labute approximate surface area is 298 Å². The minimum atomic E-state index is -2.76. The Hall–Kier alpha value is -4.45. The molecule has 2 N–H and O–H groups in total. The predicted octanol–water partition coefficient (Wildman–Crippen LogP) is 5.90. The molecule has 10 nitrogen and oxygen atoms in total. The topological polar surface area (TPSA) is 117 Å². The van der Waals surface area contributed by atoms with Gasteiger partial charge in [0.25, 0.3) is 0 Å². The first-order valence-electron chi connectivity index (χ1n) is 18.1. The minimum absolute atomic E-state index is 0.0570. The molecule has 0 radical (unpaired) electrons. The van der Waals surface area contributed by atoms with Crippen LogP contribution < -0.4 is 10.6 Å². The summed E-state index contributed by atoms with van der Waals surface area (Å²) in [5, 5.41) is 10.1. The van der Waals surface area contributed by atoms with E-state index in [-0.39, 0.29) is 74.5 Å². The molecule has 2 heterocycles. The molecule has 5 rings (SSSR count). The summed E-state index contributed by atoms with van der Waals surface area (Å²) < 4.78 is 29.7. The minimum Gasteiger partial charge on any atom is -0.344 e. The summed E-state index contributed by atoms with van der Waals surface area (Å²) in [6.45, 7) is 8.99. The van der Waals surface area contributed by atoms with Crippen LogP contribution in [0.4, 0.5) is 14.5 Å². The van der Waals surface area contributed by atoms with Crippen molar-refractivity contribution in [1.82, 2.24) is 24.9 Å². The van der Waals surface area contributed by atoms with Crippen LogP contribution in [0.15, 0.2) is 66.9 Å². The molecular weight excluding hydrogens is 654 g/mol. The van der Waals surface area contributed by atoms with E-state index >= 15 is 0 Å². The highest BCUT2D eigenvalue weighted by Crippen LogP contribution is 2.41. The second-order valence-electron chi connectivity index (χ2n) is 14.1. The Morgan fingerprint density at radius 3 is 2.20 bits per heavy atom. The van der Waals surface area contributed by atoms with Crippen molar-refractivity contribution in [3.05, 3.63) is 83.7 Å². The average molecular weight is 705 g/mol. The van der Waals surface area contributed by atoms with E-state index in [1.165, 1.54) is 5.56 Å². The second kappa shape index (κ2) is 17.2. The Kier molecular flexibility index (Phi) is 12.7. The maximum Gasteiger partial charge on any atom is 0.248 e. The number of nitrogens with zero attached hydrogens (tertiary/aromatic N) is 4. The molecule has 3 aromatic rings. The standard InChI is InChI=1S/C39H50F2N6O4/c1-4-36(49)44-33(38(51)46-22-20-45(21-23-46)26-29-8-6-5-7-9-29)24-28-10-12-31(13-11-28)43-37(50)32(30-14-17-39(40,41)18-15-30)25-35(48)34-16-19-42-47(34)27(2)3/h5-13,16,19,27,30,32-33H,4,14-15,17-18,20-26H2,1-3H3,(H,43,50)(H,44,49)/t32-,33+/m0/s1. The molecule has 12 heteroatoms. The van der Waals surface area contributed by atoms with Crippen molar-refractivity contribution in [3.63, 3.8) is 0 Å². The molecule has 3 amide bonds. The van der Waals surface area contributed by atoms with Gasteiger partial charge in [0.2, 0.25) is 23.6 Å². The van der Waals surface area contributed by atoms with E-state index in [4.69, 9.17) is 0 Å². The molecule has 51 heavy (non-hydrogen) atoms. The van der Waals surface area contributed by atoms with E-state index in [9.17, 15) is 28.0 Å². The lowest BCUT2D eigenvalue weighted by Crippen LogP contribution is -2.55.